The molecule has 1 rings (SSSR count). The van der Waals surface area contributed by atoms with Crippen LogP contribution >= 0.6 is 0 Å². The van der Waals surface area contributed by atoms with Crippen molar-refractivity contribution < 1.29 is 9.53 Å². The molecule has 0 bridgehead atoms. The molecule has 100 valence electrons. The minimum atomic E-state index is -0.524. The molecule has 3 N–H and O–H groups in total. The average molecular weight is 251 g/mol. The van der Waals surface area contributed by atoms with Crippen LogP contribution in [0.15, 0.2) is 18.3 Å². The Labute approximate surface area is 108 Å². The van der Waals surface area contributed by atoms with Gasteiger partial charge in [0.05, 0.1) is 11.7 Å². The van der Waals surface area contributed by atoms with Gasteiger partial charge in [-0.25, -0.2) is 4.79 Å². The molecule has 1 aromatic rings. The van der Waals surface area contributed by atoms with Crippen LogP contribution in [0, 0.1) is 6.92 Å². The van der Waals surface area contributed by atoms with Crippen LogP contribution in [0.4, 0.5) is 4.79 Å². The molecule has 0 aliphatic heterocycles. The van der Waals surface area contributed by atoms with E-state index >= 15 is 0 Å². The number of aryl methyl sites for hydroxylation is 1. The smallest absolute Gasteiger partial charge is 0.408 e. The van der Waals surface area contributed by atoms with Crippen molar-refractivity contribution in [3.05, 3.63) is 29.6 Å². The van der Waals surface area contributed by atoms with Gasteiger partial charge >= 0.3 is 6.09 Å². The molecule has 0 aromatic carbocycles. The Morgan fingerprint density at radius 2 is 2.17 bits per heavy atom. The Morgan fingerprint density at radius 1 is 1.50 bits per heavy atom. The van der Waals surface area contributed by atoms with Crippen LogP contribution < -0.4 is 11.1 Å². The number of aromatic nitrogens is 1. The monoisotopic (exact) mass is 251 g/mol. The summed E-state index contributed by atoms with van der Waals surface area (Å²) in [6, 6.07) is 3.45. The molecule has 1 atom stereocenters. The zero-order valence-electron chi connectivity index (χ0n) is 11.4. The number of hydrogen-bond acceptors (Lipinski definition) is 4. The lowest BCUT2D eigenvalue weighted by Gasteiger charge is -2.22. The largest absolute Gasteiger partial charge is 0.444 e. The number of nitrogens with one attached hydrogen (secondary N) is 1. The minimum Gasteiger partial charge on any atom is -0.444 e. The fraction of sp³-hybridized carbons (Fsp3) is 0.538. The van der Waals surface area contributed by atoms with E-state index in [1.165, 1.54) is 0 Å². The quantitative estimate of drug-likeness (QED) is 0.860. The molecule has 1 aromatic heterocycles. The van der Waals surface area contributed by atoms with Crippen LogP contribution in [0.1, 0.15) is 38.1 Å². The third-order valence-corrected chi connectivity index (χ3v) is 2.22. The summed E-state index contributed by atoms with van der Waals surface area (Å²) in [5.74, 6) is 0. The molecule has 1 unspecified atom stereocenters. The Balaban J connectivity index is 2.68. The molecule has 0 aliphatic rings. The van der Waals surface area contributed by atoms with Gasteiger partial charge in [-0.05, 0) is 39.3 Å². The van der Waals surface area contributed by atoms with Crippen LogP contribution in [0.2, 0.25) is 0 Å². The van der Waals surface area contributed by atoms with Crippen LogP contribution in [0.3, 0.4) is 0 Å². The first-order chi connectivity index (χ1) is 8.31. The highest BCUT2D eigenvalue weighted by Crippen LogP contribution is 2.12. The van der Waals surface area contributed by atoms with Gasteiger partial charge in [-0.15, -0.1) is 0 Å². The van der Waals surface area contributed by atoms with Crippen LogP contribution in [-0.4, -0.2) is 23.2 Å². The molecule has 0 radical (unpaired) electrons. The van der Waals surface area contributed by atoms with E-state index in [-0.39, 0.29) is 12.6 Å². The SMILES string of the molecule is Cc1ccc(C(CN)NC(=O)OC(C)(C)C)nc1. The summed E-state index contributed by atoms with van der Waals surface area (Å²) in [7, 11) is 0. The molecule has 0 saturated heterocycles. The zero-order valence-corrected chi connectivity index (χ0v) is 11.4. The average Bonchev–Trinajstić information content (AvgIpc) is 2.25. The molecule has 0 spiro atoms. The Morgan fingerprint density at radius 3 is 2.61 bits per heavy atom. The summed E-state index contributed by atoms with van der Waals surface area (Å²) in [4.78, 5) is 15.9. The Bertz CT molecular complexity index is 396. The maximum absolute atomic E-state index is 11.7. The first-order valence-corrected chi connectivity index (χ1v) is 5.94. The number of carbonyl (C=O) groups excluding carboxylic acids is 1. The van der Waals surface area contributed by atoms with Crippen molar-refractivity contribution in [1.82, 2.24) is 10.3 Å². The van der Waals surface area contributed by atoms with E-state index in [1.54, 1.807) is 6.20 Å². The van der Waals surface area contributed by atoms with Gasteiger partial charge in [-0.1, -0.05) is 6.07 Å². The predicted molar refractivity (Wildman–Crippen MR) is 70.1 cm³/mol. The highest BCUT2D eigenvalue weighted by atomic mass is 16.6. The molecule has 5 nitrogen and oxygen atoms in total. The van der Waals surface area contributed by atoms with Gasteiger partial charge in [-0.2, -0.15) is 0 Å². The van der Waals surface area contributed by atoms with E-state index in [0.29, 0.717) is 0 Å². The van der Waals surface area contributed by atoms with Crippen molar-refractivity contribution in [3.63, 3.8) is 0 Å². The number of nitrogens with zero attached hydrogens (tertiary/aromatic N) is 1. The fourth-order valence-corrected chi connectivity index (χ4v) is 1.39. The van der Waals surface area contributed by atoms with Gasteiger partial charge < -0.3 is 15.8 Å². The number of alkyl carbamates (subject to hydrolysis) is 1. The third-order valence-electron chi connectivity index (χ3n) is 2.22. The van der Waals surface area contributed by atoms with Gasteiger partial charge in [0, 0.05) is 12.7 Å². The van der Waals surface area contributed by atoms with E-state index in [1.807, 2.05) is 39.8 Å². The fourth-order valence-electron chi connectivity index (χ4n) is 1.39. The topological polar surface area (TPSA) is 77.2 Å². The predicted octanol–water partition coefficient (Wildman–Crippen LogP) is 1.91. The van der Waals surface area contributed by atoms with Gasteiger partial charge in [0.25, 0.3) is 0 Å². The van der Waals surface area contributed by atoms with Crippen LogP contribution in [-0.2, 0) is 4.74 Å². The first-order valence-electron chi connectivity index (χ1n) is 5.94. The van der Waals surface area contributed by atoms with E-state index in [2.05, 4.69) is 10.3 Å². The van der Waals surface area contributed by atoms with Crippen molar-refractivity contribution in [2.45, 2.75) is 39.3 Å². The number of amides is 1. The van der Waals surface area contributed by atoms with Gasteiger partial charge in [0.2, 0.25) is 0 Å². The molecular formula is C13H21N3O2. The van der Waals surface area contributed by atoms with Crippen molar-refractivity contribution in [2.75, 3.05) is 6.54 Å². The molecule has 1 amide bonds. The van der Waals surface area contributed by atoms with E-state index in [4.69, 9.17) is 10.5 Å². The summed E-state index contributed by atoms with van der Waals surface area (Å²) < 4.78 is 5.18. The first kappa shape index (κ1) is 14.4. The lowest BCUT2D eigenvalue weighted by molar-refractivity contribution is 0.0504. The van der Waals surface area contributed by atoms with E-state index in [9.17, 15) is 4.79 Å². The maximum Gasteiger partial charge on any atom is 0.408 e. The number of rotatable bonds is 3. The molecule has 0 fully saturated rings. The second-order valence-electron chi connectivity index (χ2n) is 5.19. The minimum absolute atomic E-state index is 0.273. The standard InChI is InChI=1S/C13H21N3O2/c1-9-5-6-10(15-8-9)11(7-14)16-12(17)18-13(2,3)4/h5-6,8,11H,7,14H2,1-4H3,(H,16,17). The zero-order chi connectivity index (χ0) is 13.8. The molecule has 18 heavy (non-hydrogen) atoms. The summed E-state index contributed by atoms with van der Waals surface area (Å²) in [6.07, 6.45) is 1.26. The molecule has 0 aliphatic carbocycles. The highest BCUT2D eigenvalue weighted by Gasteiger charge is 2.20. The lowest BCUT2D eigenvalue weighted by Crippen LogP contribution is -2.38. The van der Waals surface area contributed by atoms with Crippen molar-refractivity contribution >= 4 is 6.09 Å². The van der Waals surface area contributed by atoms with Gasteiger partial charge in [0.15, 0.2) is 0 Å². The molecule has 0 saturated carbocycles. The second kappa shape index (κ2) is 5.82. The summed E-state index contributed by atoms with van der Waals surface area (Å²) in [5.41, 5.74) is 6.91. The number of nitrogens with two attached hydrogens (primary N) is 1. The number of hydrogen-bond donors (Lipinski definition) is 2. The number of pyridine rings is 1. The number of carbonyl (C=O) groups is 1. The summed E-state index contributed by atoms with van der Waals surface area (Å²) in [6.45, 7) is 7.67. The Kier molecular flexibility index (Phi) is 4.67. The molecule has 5 heteroatoms. The van der Waals surface area contributed by atoms with Crippen LogP contribution in [0.5, 0.6) is 0 Å². The third kappa shape index (κ3) is 4.71. The number of ether oxygens (including phenoxy) is 1. The van der Waals surface area contributed by atoms with Crippen molar-refractivity contribution in [3.8, 4) is 0 Å². The van der Waals surface area contributed by atoms with E-state index < -0.39 is 11.7 Å². The summed E-state index contributed by atoms with van der Waals surface area (Å²) >= 11 is 0. The molecular weight excluding hydrogens is 230 g/mol. The van der Waals surface area contributed by atoms with Crippen LogP contribution in [0.25, 0.3) is 0 Å². The Hall–Kier alpha value is -1.62. The normalized spacial score (nSPS) is 12.9. The molecule has 1 heterocycles. The second-order valence-corrected chi connectivity index (χ2v) is 5.19. The van der Waals surface area contributed by atoms with Crippen molar-refractivity contribution in [2.24, 2.45) is 5.73 Å². The van der Waals surface area contributed by atoms with Crippen molar-refractivity contribution in [1.29, 1.82) is 0 Å². The summed E-state index contributed by atoms with van der Waals surface area (Å²) in [5, 5.41) is 2.71. The van der Waals surface area contributed by atoms with Gasteiger partial charge in [-0.3, -0.25) is 4.98 Å². The maximum atomic E-state index is 11.7. The van der Waals surface area contributed by atoms with Gasteiger partial charge in [0.1, 0.15) is 5.60 Å². The highest BCUT2D eigenvalue weighted by molar-refractivity contribution is 5.68. The van der Waals surface area contributed by atoms with E-state index in [0.717, 1.165) is 11.3 Å². The lowest BCUT2D eigenvalue weighted by atomic mass is 10.1.